The number of unbranched alkanes of at least 4 members (excludes halogenated alkanes) is 39. The molecule has 0 saturated carbocycles. The van der Waals surface area contributed by atoms with Gasteiger partial charge in [-0.25, -0.2) is 0 Å². The molecular weight excluding hydrogens is 815 g/mol. The van der Waals surface area contributed by atoms with Gasteiger partial charge in [-0.2, -0.15) is 0 Å². The van der Waals surface area contributed by atoms with Crippen LogP contribution >= 0.6 is 0 Å². The van der Waals surface area contributed by atoms with E-state index in [1.165, 1.54) is 231 Å². The number of allylic oxidation sites excluding steroid dienone is 5. The number of rotatable bonds is 54. The van der Waals surface area contributed by atoms with Crippen molar-refractivity contribution in [1.82, 2.24) is 5.32 Å². The van der Waals surface area contributed by atoms with Crippen molar-refractivity contribution in [3.8, 4) is 0 Å². The summed E-state index contributed by atoms with van der Waals surface area (Å²) in [7, 11) is 0. The molecule has 2 atom stereocenters. The van der Waals surface area contributed by atoms with Crippen LogP contribution in [0.5, 0.6) is 0 Å². The van der Waals surface area contributed by atoms with Gasteiger partial charge < -0.3 is 20.3 Å². The Morgan fingerprint density at radius 2 is 0.758 bits per heavy atom. The Balaban J connectivity index is 3.40. The van der Waals surface area contributed by atoms with Gasteiger partial charge in [0.25, 0.3) is 0 Å². The Bertz CT molecular complexity index is 1070. The molecule has 0 aromatic rings. The van der Waals surface area contributed by atoms with Crippen LogP contribution in [0.4, 0.5) is 0 Å². The minimum atomic E-state index is -0.846. The van der Waals surface area contributed by atoms with E-state index in [0.29, 0.717) is 19.4 Å². The monoisotopic (exact) mass is 928 g/mol. The molecule has 1 amide bonds. The lowest BCUT2D eigenvalue weighted by molar-refractivity contribution is -0.143. The molecule has 0 aliphatic carbocycles. The number of aliphatic hydroxyl groups excluding tert-OH is 2. The van der Waals surface area contributed by atoms with E-state index in [9.17, 15) is 19.8 Å². The highest BCUT2D eigenvalue weighted by molar-refractivity contribution is 5.76. The van der Waals surface area contributed by atoms with Crippen LogP contribution < -0.4 is 5.32 Å². The van der Waals surface area contributed by atoms with Crippen LogP contribution in [0.2, 0.25) is 0 Å². The maximum absolute atomic E-state index is 12.4. The van der Waals surface area contributed by atoms with Gasteiger partial charge >= 0.3 is 5.97 Å². The van der Waals surface area contributed by atoms with Crippen molar-refractivity contribution in [2.45, 2.75) is 321 Å². The average molecular weight is 929 g/mol. The molecule has 0 aliphatic rings. The molecule has 0 bridgehead atoms. The van der Waals surface area contributed by atoms with Gasteiger partial charge in [-0.1, -0.05) is 269 Å². The van der Waals surface area contributed by atoms with Crippen molar-refractivity contribution in [2.75, 3.05) is 13.2 Å². The molecule has 6 heteroatoms. The molecule has 66 heavy (non-hydrogen) atoms. The Kier molecular flexibility index (Phi) is 54.1. The lowest BCUT2D eigenvalue weighted by atomic mass is 10.0. The Morgan fingerprint density at radius 1 is 0.424 bits per heavy atom. The summed E-state index contributed by atoms with van der Waals surface area (Å²) >= 11 is 0. The summed E-state index contributed by atoms with van der Waals surface area (Å²) in [6.45, 7) is 4.87. The summed E-state index contributed by atoms with van der Waals surface area (Å²) in [5.41, 5.74) is 0. The molecule has 2 unspecified atom stereocenters. The molecule has 388 valence electrons. The summed E-state index contributed by atoms with van der Waals surface area (Å²) in [5, 5.41) is 23.0. The first-order valence-electron chi connectivity index (χ1n) is 29.3. The molecule has 0 heterocycles. The van der Waals surface area contributed by atoms with Gasteiger partial charge in [0.15, 0.2) is 0 Å². The van der Waals surface area contributed by atoms with Crippen molar-refractivity contribution in [1.29, 1.82) is 0 Å². The zero-order chi connectivity index (χ0) is 47.9. The number of carbonyl (C=O) groups excluding carboxylic acids is 2. The van der Waals surface area contributed by atoms with E-state index in [1.54, 1.807) is 6.08 Å². The van der Waals surface area contributed by atoms with Gasteiger partial charge in [0, 0.05) is 12.8 Å². The lowest BCUT2D eigenvalue weighted by Crippen LogP contribution is -2.45. The summed E-state index contributed by atoms with van der Waals surface area (Å²) in [4.78, 5) is 24.5. The molecule has 0 aromatic heterocycles. The van der Waals surface area contributed by atoms with Crippen molar-refractivity contribution >= 4 is 11.9 Å². The molecular formula is C60H113NO5. The second-order valence-electron chi connectivity index (χ2n) is 20.0. The normalized spacial score (nSPS) is 12.8. The standard InChI is InChI=1S/C60H113NO5/c1-3-5-7-9-11-13-15-17-18-19-24-27-30-34-38-42-46-50-54-60(65)66-55-51-47-43-39-35-31-28-25-22-20-21-23-26-29-33-37-41-45-49-53-59(64)61-57(56-62)58(63)52-48-44-40-36-32-16-14-12-10-8-6-4-2/h13,15,18-19,48,52,57-58,62-63H,3-12,14,16-17,20-47,49-51,53-56H2,1-2H3,(H,61,64)/b15-13-,19-18-,52-48+. The van der Waals surface area contributed by atoms with Crippen molar-refractivity contribution < 1.29 is 24.5 Å². The first-order valence-corrected chi connectivity index (χ1v) is 29.3. The van der Waals surface area contributed by atoms with Crippen molar-refractivity contribution in [3.05, 3.63) is 36.5 Å². The topological polar surface area (TPSA) is 95.9 Å². The first-order chi connectivity index (χ1) is 32.5. The number of esters is 1. The van der Waals surface area contributed by atoms with E-state index in [1.807, 2.05) is 6.08 Å². The molecule has 0 aliphatic heterocycles. The third-order valence-corrected chi connectivity index (χ3v) is 13.4. The van der Waals surface area contributed by atoms with Gasteiger partial charge in [0.1, 0.15) is 0 Å². The summed E-state index contributed by atoms with van der Waals surface area (Å²) < 4.78 is 5.49. The zero-order valence-corrected chi connectivity index (χ0v) is 44.2. The van der Waals surface area contributed by atoms with Gasteiger partial charge in [0.2, 0.25) is 5.91 Å². The molecule has 0 aromatic carbocycles. The molecule has 3 N–H and O–H groups in total. The SMILES string of the molecule is CCCCCC/C=C\C/C=C\CCCCCCCCCC(=O)OCCCCCCCCCCCCCCCCCCCCCC(=O)NC(CO)C(O)/C=C/CCCCCCCCCCCC. The number of ether oxygens (including phenoxy) is 1. The molecule has 0 radical (unpaired) electrons. The Morgan fingerprint density at radius 3 is 1.17 bits per heavy atom. The van der Waals surface area contributed by atoms with Crippen LogP contribution in [0.3, 0.4) is 0 Å². The van der Waals surface area contributed by atoms with Gasteiger partial charge in [-0.15, -0.1) is 0 Å². The van der Waals surface area contributed by atoms with Crippen LogP contribution in [0, 0.1) is 0 Å². The maximum atomic E-state index is 12.4. The number of amides is 1. The number of carbonyl (C=O) groups is 2. The van der Waals surface area contributed by atoms with Gasteiger partial charge in [-0.3, -0.25) is 9.59 Å². The molecule has 0 spiro atoms. The van der Waals surface area contributed by atoms with Crippen LogP contribution in [-0.2, 0) is 14.3 Å². The lowest BCUT2D eigenvalue weighted by Gasteiger charge is -2.20. The average Bonchev–Trinajstić information content (AvgIpc) is 3.32. The van der Waals surface area contributed by atoms with Gasteiger partial charge in [-0.05, 0) is 64.2 Å². The minimum absolute atomic E-state index is 0.000730. The van der Waals surface area contributed by atoms with Crippen molar-refractivity contribution in [3.63, 3.8) is 0 Å². The highest BCUT2D eigenvalue weighted by Crippen LogP contribution is 2.17. The summed E-state index contributed by atoms with van der Waals surface area (Å²) in [6, 6.07) is -0.629. The Hall–Kier alpha value is -1.92. The fourth-order valence-electron chi connectivity index (χ4n) is 8.90. The Labute approximate surface area is 411 Å². The predicted octanol–water partition coefficient (Wildman–Crippen LogP) is 18.0. The zero-order valence-electron chi connectivity index (χ0n) is 44.2. The fraction of sp³-hybridized carbons (Fsp3) is 0.867. The van der Waals surface area contributed by atoms with Gasteiger partial charge in [0.05, 0.1) is 25.4 Å². The third-order valence-electron chi connectivity index (χ3n) is 13.4. The fourth-order valence-corrected chi connectivity index (χ4v) is 8.90. The highest BCUT2D eigenvalue weighted by Gasteiger charge is 2.18. The number of aliphatic hydroxyl groups is 2. The summed E-state index contributed by atoms with van der Waals surface area (Å²) in [5.74, 6) is -0.0709. The van der Waals surface area contributed by atoms with E-state index >= 15 is 0 Å². The highest BCUT2D eigenvalue weighted by atomic mass is 16.5. The van der Waals surface area contributed by atoms with E-state index in [2.05, 4.69) is 43.5 Å². The first kappa shape index (κ1) is 64.1. The van der Waals surface area contributed by atoms with Crippen LogP contribution in [0.15, 0.2) is 36.5 Å². The molecule has 0 rings (SSSR count). The van der Waals surface area contributed by atoms with E-state index in [-0.39, 0.29) is 18.5 Å². The largest absolute Gasteiger partial charge is 0.466 e. The van der Waals surface area contributed by atoms with E-state index < -0.39 is 12.1 Å². The van der Waals surface area contributed by atoms with Crippen LogP contribution in [0.1, 0.15) is 309 Å². The number of hydrogen-bond donors (Lipinski definition) is 3. The van der Waals surface area contributed by atoms with E-state index in [4.69, 9.17) is 4.74 Å². The van der Waals surface area contributed by atoms with Crippen LogP contribution in [0.25, 0.3) is 0 Å². The smallest absolute Gasteiger partial charge is 0.305 e. The second-order valence-corrected chi connectivity index (χ2v) is 20.0. The number of nitrogens with one attached hydrogen (secondary N) is 1. The van der Waals surface area contributed by atoms with Crippen LogP contribution in [-0.4, -0.2) is 47.4 Å². The predicted molar refractivity (Wildman–Crippen MR) is 287 cm³/mol. The quantitative estimate of drug-likeness (QED) is 0.0321. The second kappa shape index (κ2) is 55.7. The molecule has 0 saturated heterocycles. The van der Waals surface area contributed by atoms with Crippen molar-refractivity contribution in [2.24, 2.45) is 0 Å². The third kappa shape index (κ3) is 51.5. The maximum Gasteiger partial charge on any atom is 0.305 e. The number of hydrogen-bond acceptors (Lipinski definition) is 5. The summed E-state index contributed by atoms with van der Waals surface area (Å²) in [6.07, 6.45) is 68.8. The molecule has 6 nitrogen and oxygen atoms in total. The van der Waals surface area contributed by atoms with E-state index in [0.717, 1.165) is 51.4 Å². The minimum Gasteiger partial charge on any atom is -0.466 e. The molecule has 0 fully saturated rings.